The summed E-state index contributed by atoms with van der Waals surface area (Å²) in [6.07, 6.45) is 8.67. The first kappa shape index (κ1) is 9.75. The van der Waals surface area contributed by atoms with Gasteiger partial charge in [-0.3, -0.25) is 4.79 Å². The van der Waals surface area contributed by atoms with E-state index in [0.29, 0.717) is 11.8 Å². The Morgan fingerprint density at radius 3 is 3.07 bits per heavy atom. The van der Waals surface area contributed by atoms with Crippen molar-refractivity contribution in [2.24, 2.45) is 17.3 Å². The van der Waals surface area contributed by atoms with Crippen molar-refractivity contribution in [3.05, 3.63) is 12.2 Å². The molecule has 3 atom stereocenters. The second-order valence-electron chi connectivity index (χ2n) is 4.75. The fraction of sp³-hybridized carbons (Fsp3) is 0.750. The molecule has 0 aromatic rings. The molecule has 0 saturated heterocycles. The summed E-state index contributed by atoms with van der Waals surface area (Å²) in [7, 11) is 1.50. The normalized spacial score (nSPS) is 40.7. The molecule has 0 aliphatic heterocycles. The number of fused-ring (bicyclic) bond motifs is 1. The van der Waals surface area contributed by atoms with Crippen LogP contribution in [0.3, 0.4) is 0 Å². The van der Waals surface area contributed by atoms with Crippen molar-refractivity contribution in [3.63, 3.8) is 0 Å². The van der Waals surface area contributed by atoms with Crippen molar-refractivity contribution in [1.29, 1.82) is 0 Å². The number of carbonyl (C=O) groups excluding carboxylic acids is 1. The van der Waals surface area contributed by atoms with Crippen LogP contribution in [0.2, 0.25) is 0 Å². The number of hydrogen-bond donors (Lipinski definition) is 0. The SMILES string of the molecule is COC(=O)[C@@]12C=CCC[C@@H]1C[C@@H](C)C2. The summed E-state index contributed by atoms with van der Waals surface area (Å²) >= 11 is 0. The van der Waals surface area contributed by atoms with Crippen LogP contribution in [0.5, 0.6) is 0 Å². The zero-order chi connectivity index (χ0) is 10.2. The maximum atomic E-state index is 11.8. The molecule has 1 fully saturated rings. The molecule has 0 N–H and O–H groups in total. The van der Waals surface area contributed by atoms with Crippen molar-refractivity contribution >= 4 is 5.97 Å². The Hall–Kier alpha value is -0.790. The van der Waals surface area contributed by atoms with E-state index in [-0.39, 0.29) is 11.4 Å². The fourth-order valence-corrected chi connectivity index (χ4v) is 3.20. The van der Waals surface area contributed by atoms with Gasteiger partial charge in [-0.2, -0.15) is 0 Å². The number of rotatable bonds is 1. The van der Waals surface area contributed by atoms with E-state index in [2.05, 4.69) is 19.1 Å². The van der Waals surface area contributed by atoms with Gasteiger partial charge in [-0.1, -0.05) is 19.1 Å². The highest BCUT2D eigenvalue weighted by atomic mass is 16.5. The molecule has 2 aliphatic carbocycles. The van der Waals surface area contributed by atoms with Gasteiger partial charge < -0.3 is 4.74 Å². The quantitative estimate of drug-likeness (QED) is 0.473. The van der Waals surface area contributed by atoms with E-state index in [1.54, 1.807) is 0 Å². The van der Waals surface area contributed by atoms with Gasteiger partial charge in [0, 0.05) is 0 Å². The monoisotopic (exact) mass is 194 g/mol. The van der Waals surface area contributed by atoms with Crippen molar-refractivity contribution < 1.29 is 9.53 Å². The van der Waals surface area contributed by atoms with Gasteiger partial charge >= 0.3 is 5.97 Å². The average molecular weight is 194 g/mol. The van der Waals surface area contributed by atoms with E-state index >= 15 is 0 Å². The zero-order valence-corrected chi connectivity index (χ0v) is 8.95. The minimum Gasteiger partial charge on any atom is -0.468 e. The van der Waals surface area contributed by atoms with Crippen LogP contribution in [0.1, 0.15) is 32.6 Å². The second-order valence-corrected chi connectivity index (χ2v) is 4.75. The summed E-state index contributed by atoms with van der Waals surface area (Å²) < 4.78 is 4.95. The molecule has 2 rings (SSSR count). The number of esters is 1. The topological polar surface area (TPSA) is 26.3 Å². The third-order valence-corrected chi connectivity index (χ3v) is 3.76. The first-order valence-electron chi connectivity index (χ1n) is 5.45. The van der Waals surface area contributed by atoms with Crippen molar-refractivity contribution in [3.8, 4) is 0 Å². The summed E-state index contributed by atoms with van der Waals surface area (Å²) in [5.74, 6) is 1.15. The first-order chi connectivity index (χ1) is 6.69. The minimum atomic E-state index is -0.271. The highest BCUT2D eigenvalue weighted by Crippen LogP contribution is 2.52. The van der Waals surface area contributed by atoms with E-state index in [0.717, 1.165) is 19.3 Å². The lowest BCUT2D eigenvalue weighted by Crippen LogP contribution is -2.35. The number of hydrogen-bond acceptors (Lipinski definition) is 2. The third kappa shape index (κ3) is 1.28. The molecule has 0 unspecified atom stereocenters. The molecule has 2 heteroatoms. The lowest BCUT2D eigenvalue weighted by molar-refractivity contribution is -0.152. The summed E-state index contributed by atoms with van der Waals surface area (Å²) in [5, 5.41) is 0. The highest BCUT2D eigenvalue weighted by molar-refractivity contribution is 5.80. The molecule has 2 nitrogen and oxygen atoms in total. The minimum absolute atomic E-state index is 0.0252. The molecular formula is C12H18O2. The summed E-state index contributed by atoms with van der Waals surface area (Å²) in [6.45, 7) is 2.23. The van der Waals surface area contributed by atoms with E-state index in [9.17, 15) is 4.79 Å². The van der Waals surface area contributed by atoms with Crippen LogP contribution in [0.4, 0.5) is 0 Å². The van der Waals surface area contributed by atoms with Gasteiger partial charge in [-0.05, 0) is 37.5 Å². The Bertz CT molecular complexity index is 269. The fourth-order valence-electron chi connectivity index (χ4n) is 3.20. The highest BCUT2D eigenvalue weighted by Gasteiger charge is 2.51. The predicted octanol–water partition coefficient (Wildman–Crippen LogP) is 2.54. The van der Waals surface area contributed by atoms with Crippen LogP contribution in [0.25, 0.3) is 0 Å². The third-order valence-electron chi connectivity index (χ3n) is 3.76. The Balaban J connectivity index is 2.31. The van der Waals surface area contributed by atoms with Crippen LogP contribution in [-0.2, 0) is 9.53 Å². The maximum absolute atomic E-state index is 11.8. The van der Waals surface area contributed by atoms with Crippen molar-refractivity contribution in [2.75, 3.05) is 7.11 Å². The smallest absolute Gasteiger partial charge is 0.315 e. The Kier molecular flexibility index (Phi) is 2.38. The van der Waals surface area contributed by atoms with Crippen LogP contribution < -0.4 is 0 Å². The molecule has 78 valence electrons. The number of allylic oxidation sites excluding steroid dienone is 1. The van der Waals surface area contributed by atoms with Crippen LogP contribution in [0.15, 0.2) is 12.2 Å². The molecule has 14 heavy (non-hydrogen) atoms. The predicted molar refractivity (Wildman–Crippen MR) is 54.7 cm³/mol. The Morgan fingerprint density at radius 1 is 1.57 bits per heavy atom. The van der Waals surface area contributed by atoms with E-state index in [1.807, 2.05) is 0 Å². The first-order valence-corrected chi connectivity index (χ1v) is 5.45. The number of methoxy groups -OCH3 is 1. The van der Waals surface area contributed by atoms with Crippen molar-refractivity contribution in [1.82, 2.24) is 0 Å². The van der Waals surface area contributed by atoms with E-state index in [1.165, 1.54) is 13.5 Å². The second kappa shape index (κ2) is 3.41. The number of carbonyl (C=O) groups is 1. The van der Waals surface area contributed by atoms with Crippen LogP contribution in [0, 0.1) is 17.3 Å². The summed E-state index contributed by atoms with van der Waals surface area (Å²) in [6, 6.07) is 0. The Labute approximate surface area is 85.3 Å². The molecule has 1 saturated carbocycles. The van der Waals surface area contributed by atoms with Gasteiger partial charge in [0.2, 0.25) is 0 Å². The molecule has 0 radical (unpaired) electrons. The molecular weight excluding hydrogens is 176 g/mol. The van der Waals surface area contributed by atoms with Gasteiger partial charge in [0.15, 0.2) is 0 Å². The van der Waals surface area contributed by atoms with Crippen molar-refractivity contribution in [2.45, 2.75) is 32.6 Å². The molecule has 0 heterocycles. The Morgan fingerprint density at radius 2 is 2.36 bits per heavy atom. The van der Waals surface area contributed by atoms with E-state index < -0.39 is 0 Å². The summed E-state index contributed by atoms with van der Waals surface area (Å²) in [4.78, 5) is 11.8. The largest absolute Gasteiger partial charge is 0.468 e. The molecule has 0 bridgehead atoms. The average Bonchev–Trinajstić information content (AvgIpc) is 2.53. The van der Waals surface area contributed by atoms with Gasteiger partial charge in [-0.25, -0.2) is 0 Å². The lowest BCUT2D eigenvalue weighted by atomic mass is 9.72. The zero-order valence-electron chi connectivity index (χ0n) is 8.95. The van der Waals surface area contributed by atoms with Gasteiger partial charge in [-0.15, -0.1) is 0 Å². The molecule has 0 aromatic heterocycles. The molecule has 0 amide bonds. The maximum Gasteiger partial charge on any atom is 0.315 e. The molecule has 0 spiro atoms. The van der Waals surface area contributed by atoms with Crippen LogP contribution in [-0.4, -0.2) is 13.1 Å². The van der Waals surface area contributed by atoms with Gasteiger partial charge in [0.25, 0.3) is 0 Å². The molecule has 0 aromatic carbocycles. The van der Waals surface area contributed by atoms with Gasteiger partial charge in [0.1, 0.15) is 0 Å². The van der Waals surface area contributed by atoms with E-state index in [4.69, 9.17) is 4.74 Å². The summed E-state index contributed by atoms with van der Waals surface area (Å²) in [5.41, 5.74) is -0.271. The lowest BCUT2D eigenvalue weighted by Gasteiger charge is -2.32. The number of ether oxygens (including phenoxy) is 1. The molecule has 2 aliphatic rings. The van der Waals surface area contributed by atoms with Crippen LogP contribution >= 0.6 is 0 Å². The standard InChI is InChI=1S/C12H18O2/c1-9-7-10-5-3-4-6-12(10,8-9)11(13)14-2/h4,6,9-10H,3,5,7-8H2,1-2H3/t9-,10-,12-/m1/s1. The van der Waals surface area contributed by atoms with Gasteiger partial charge in [0.05, 0.1) is 12.5 Å².